The molecule has 0 aliphatic carbocycles. The van der Waals surface area contributed by atoms with Gasteiger partial charge >= 0.3 is 0 Å². The Morgan fingerprint density at radius 3 is 2.65 bits per heavy atom. The molecule has 1 fully saturated rings. The van der Waals surface area contributed by atoms with Crippen molar-refractivity contribution in [3.05, 3.63) is 0 Å². The molecular formula is C11H21N3O2S. The Morgan fingerprint density at radius 2 is 2.06 bits per heavy atom. The number of rotatable bonds is 4. The van der Waals surface area contributed by atoms with Crippen LogP contribution in [0.3, 0.4) is 0 Å². The van der Waals surface area contributed by atoms with E-state index in [1.54, 1.807) is 0 Å². The molecule has 0 bridgehead atoms. The molecule has 17 heavy (non-hydrogen) atoms. The van der Waals surface area contributed by atoms with Crippen molar-refractivity contribution in [2.45, 2.75) is 26.3 Å². The maximum absolute atomic E-state index is 11.8. The molecule has 6 heteroatoms. The van der Waals surface area contributed by atoms with Crippen molar-refractivity contribution >= 4 is 23.2 Å². The number of nitrogens with one attached hydrogen (secondary N) is 2. The highest BCUT2D eigenvalue weighted by atomic mass is 32.1. The summed E-state index contributed by atoms with van der Waals surface area (Å²) in [6, 6.07) is 0.310. The van der Waals surface area contributed by atoms with Gasteiger partial charge in [0, 0.05) is 32.1 Å². The molecule has 0 spiro atoms. The van der Waals surface area contributed by atoms with Crippen LogP contribution in [0, 0.1) is 0 Å². The zero-order valence-electron chi connectivity index (χ0n) is 10.5. The highest BCUT2D eigenvalue weighted by Crippen LogP contribution is 1.99. The molecule has 0 saturated carbocycles. The van der Waals surface area contributed by atoms with Crippen LogP contribution < -0.4 is 10.6 Å². The van der Waals surface area contributed by atoms with Gasteiger partial charge in [-0.15, -0.1) is 0 Å². The molecule has 0 aromatic rings. The first-order valence-electron chi connectivity index (χ1n) is 5.99. The fourth-order valence-electron chi connectivity index (χ4n) is 1.57. The lowest BCUT2D eigenvalue weighted by Crippen LogP contribution is -2.43. The number of hydrogen-bond donors (Lipinski definition) is 2. The van der Waals surface area contributed by atoms with Crippen molar-refractivity contribution < 1.29 is 9.53 Å². The highest BCUT2D eigenvalue weighted by Gasteiger charge is 2.16. The standard InChI is InChI=1S/C11H21N3O2S/c1-9(2)13-11(17)12-4-3-10(15)14-5-7-16-8-6-14/h9H,3-8H2,1-2H3,(H2,12,13,17). The van der Waals surface area contributed by atoms with Crippen LogP contribution >= 0.6 is 12.2 Å². The van der Waals surface area contributed by atoms with Gasteiger partial charge in [0.1, 0.15) is 0 Å². The van der Waals surface area contributed by atoms with Crippen molar-refractivity contribution in [3.63, 3.8) is 0 Å². The Balaban J connectivity index is 2.13. The zero-order valence-corrected chi connectivity index (χ0v) is 11.3. The smallest absolute Gasteiger partial charge is 0.224 e. The Bertz CT molecular complexity index is 265. The summed E-state index contributed by atoms with van der Waals surface area (Å²) >= 11 is 5.07. The Labute approximate surface area is 108 Å². The first kappa shape index (κ1) is 14.2. The van der Waals surface area contributed by atoms with Crippen LogP contribution in [0.4, 0.5) is 0 Å². The number of thiocarbonyl (C=S) groups is 1. The number of hydrogen-bond acceptors (Lipinski definition) is 3. The van der Waals surface area contributed by atoms with Gasteiger partial charge in [-0.2, -0.15) is 0 Å². The number of nitrogens with zero attached hydrogens (tertiary/aromatic N) is 1. The van der Waals surface area contributed by atoms with Gasteiger partial charge in [-0.25, -0.2) is 0 Å². The SMILES string of the molecule is CC(C)NC(=S)NCCC(=O)N1CCOCC1. The maximum Gasteiger partial charge on any atom is 0.224 e. The number of ether oxygens (including phenoxy) is 1. The van der Waals surface area contributed by atoms with E-state index in [4.69, 9.17) is 17.0 Å². The molecule has 5 nitrogen and oxygen atoms in total. The molecule has 0 aromatic heterocycles. The predicted molar refractivity (Wildman–Crippen MR) is 70.9 cm³/mol. The minimum Gasteiger partial charge on any atom is -0.378 e. The number of morpholine rings is 1. The quantitative estimate of drug-likeness (QED) is 0.702. The second kappa shape index (κ2) is 7.45. The first-order valence-corrected chi connectivity index (χ1v) is 6.40. The molecule has 1 rings (SSSR count). The van der Waals surface area contributed by atoms with E-state index in [0.29, 0.717) is 50.4 Å². The Morgan fingerprint density at radius 1 is 1.41 bits per heavy atom. The van der Waals surface area contributed by atoms with Gasteiger partial charge in [0.05, 0.1) is 13.2 Å². The number of carbonyl (C=O) groups excluding carboxylic acids is 1. The van der Waals surface area contributed by atoms with Crippen LogP contribution in [0.1, 0.15) is 20.3 Å². The summed E-state index contributed by atoms with van der Waals surface area (Å²) in [5, 5.41) is 6.70. The summed E-state index contributed by atoms with van der Waals surface area (Å²) in [4.78, 5) is 13.6. The second-order valence-electron chi connectivity index (χ2n) is 4.30. The van der Waals surface area contributed by atoms with Crippen molar-refractivity contribution in [2.24, 2.45) is 0 Å². The van der Waals surface area contributed by atoms with Crippen LogP contribution in [-0.4, -0.2) is 54.8 Å². The van der Waals surface area contributed by atoms with Crippen LogP contribution in [0.5, 0.6) is 0 Å². The van der Waals surface area contributed by atoms with Gasteiger partial charge in [0.25, 0.3) is 0 Å². The largest absolute Gasteiger partial charge is 0.378 e. The molecule has 1 amide bonds. The van der Waals surface area contributed by atoms with Gasteiger partial charge in [0.15, 0.2) is 5.11 Å². The molecule has 98 valence electrons. The van der Waals surface area contributed by atoms with Gasteiger partial charge < -0.3 is 20.3 Å². The zero-order chi connectivity index (χ0) is 12.7. The highest BCUT2D eigenvalue weighted by molar-refractivity contribution is 7.80. The summed E-state index contributed by atoms with van der Waals surface area (Å²) in [6.45, 7) is 7.31. The summed E-state index contributed by atoms with van der Waals surface area (Å²) in [5.74, 6) is 0.160. The Hall–Kier alpha value is -0.880. The van der Waals surface area contributed by atoms with E-state index in [0.717, 1.165) is 0 Å². The predicted octanol–water partition coefficient (Wildman–Crippen LogP) is 0.108. The van der Waals surface area contributed by atoms with Crippen molar-refractivity contribution in [2.75, 3.05) is 32.8 Å². The first-order chi connectivity index (χ1) is 8.09. The molecular weight excluding hydrogens is 238 g/mol. The van der Waals surface area contributed by atoms with E-state index in [-0.39, 0.29) is 5.91 Å². The minimum atomic E-state index is 0.160. The molecule has 0 unspecified atom stereocenters. The van der Waals surface area contributed by atoms with Crippen LogP contribution in [0.15, 0.2) is 0 Å². The lowest BCUT2D eigenvalue weighted by Gasteiger charge is -2.27. The molecule has 0 aromatic carbocycles. The normalized spacial score (nSPS) is 15.8. The van der Waals surface area contributed by atoms with Crippen LogP contribution in [0.2, 0.25) is 0 Å². The topological polar surface area (TPSA) is 53.6 Å². The molecule has 0 atom stereocenters. The third-order valence-corrected chi connectivity index (χ3v) is 2.67. The molecule has 1 saturated heterocycles. The van der Waals surface area contributed by atoms with E-state index < -0.39 is 0 Å². The van der Waals surface area contributed by atoms with Gasteiger partial charge in [-0.05, 0) is 26.1 Å². The van der Waals surface area contributed by atoms with E-state index in [1.165, 1.54) is 0 Å². The van der Waals surface area contributed by atoms with Crippen molar-refractivity contribution in [1.82, 2.24) is 15.5 Å². The minimum absolute atomic E-state index is 0.160. The lowest BCUT2D eigenvalue weighted by molar-refractivity contribution is -0.135. The average molecular weight is 259 g/mol. The number of amides is 1. The molecule has 1 aliphatic heterocycles. The third-order valence-electron chi connectivity index (χ3n) is 2.41. The van der Waals surface area contributed by atoms with E-state index in [9.17, 15) is 4.79 Å². The third kappa shape index (κ3) is 5.83. The average Bonchev–Trinajstić information content (AvgIpc) is 2.29. The summed E-state index contributed by atoms with van der Waals surface area (Å²) in [7, 11) is 0. The van der Waals surface area contributed by atoms with Crippen molar-refractivity contribution in [1.29, 1.82) is 0 Å². The van der Waals surface area contributed by atoms with E-state index in [2.05, 4.69) is 10.6 Å². The monoisotopic (exact) mass is 259 g/mol. The fraction of sp³-hybridized carbons (Fsp3) is 0.818. The molecule has 1 heterocycles. The van der Waals surface area contributed by atoms with Crippen molar-refractivity contribution in [3.8, 4) is 0 Å². The summed E-state index contributed by atoms with van der Waals surface area (Å²) in [5.41, 5.74) is 0. The maximum atomic E-state index is 11.8. The molecule has 2 N–H and O–H groups in total. The molecule has 0 radical (unpaired) electrons. The van der Waals surface area contributed by atoms with Crippen LogP contribution in [0.25, 0.3) is 0 Å². The fourth-order valence-corrected chi connectivity index (χ4v) is 1.90. The summed E-state index contributed by atoms with van der Waals surface area (Å²) in [6.07, 6.45) is 0.472. The van der Waals surface area contributed by atoms with Gasteiger partial charge in [-0.3, -0.25) is 4.79 Å². The number of carbonyl (C=O) groups is 1. The second-order valence-corrected chi connectivity index (χ2v) is 4.71. The molecule has 1 aliphatic rings. The summed E-state index contributed by atoms with van der Waals surface area (Å²) < 4.78 is 5.20. The van der Waals surface area contributed by atoms with Gasteiger partial charge in [0.2, 0.25) is 5.91 Å². The van der Waals surface area contributed by atoms with E-state index in [1.807, 2.05) is 18.7 Å². The van der Waals surface area contributed by atoms with Crippen LogP contribution in [-0.2, 0) is 9.53 Å². The van der Waals surface area contributed by atoms with E-state index >= 15 is 0 Å². The Kier molecular flexibility index (Phi) is 6.21. The lowest BCUT2D eigenvalue weighted by atomic mass is 10.3. The van der Waals surface area contributed by atoms with Gasteiger partial charge in [-0.1, -0.05) is 0 Å².